The summed E-state index contributed by atoms with van der Waals surface area (Å²) in [5.74, 6) is 1.86. The molecule has 5 atom stereocenters. The van der Waals surface area contributed by atoms with Crippen molar-refractivity contribution >= 4 is 33.5 Å². The first-order valence-electron chi connectivity index (χ1n) is 11.9. The van der Waals surface area contributed by atoms with Crippen LogP contribution in [0.15, 0.2) is 65.1 Å². The van der Waals surface area contributed by atoms with Crippen molar-refractivity contribution in [2.75, 3.05) is 0 Å². The zero-order valence-electron chi connectivity index (χ0n) is 18.6. The molecule has 0 spiro atoms. The maximum absolute atomic E-state index is 12.4. The Morgan fingerprint density at radius 3 is 2.56 bits per heavy atom. The molecule has 2 bridgehead atoms. The van der Waals surface area contributed by atoms with Gasteiger partial charge < -0.3 is 9.52 Å². The van der Waals surface area contributed by atoms with Crippen LogP contribution in [0.25, 0.3) is 33.1 Å². The second kappa shape index (κ2) is 7.37. The van der Waals surface area contributed by atoms with E-state index in [4.69, 9.17) is 16.0 Å². The minimum absolute atomic E-state index is 0.200. The van der Waals surface area contributed by atoms with Gasteiger partial charge in [0.25, 0.3) is 0 Å². The molecular weight excluding hydrogens is 416 g/mol. The molecule has 4 aromatic rings. The van der Waals surface area contributed by atoms with Crippen LogP contribution in [0.3, 0.4) is 0 Å². The lowest BCUT2D eigenvalue weighted by atomic mass is 9.55. The Labute approximate surface area is 194 Å². The summed E-state index contributed by atoms with van der Waals surface area (Å²) in [6.45, 7) is 4.56. The molecule has 0 aliphatic heterocycles. The number of rotatable bonds is 2. The lowest BCUT2D eigenvalue weighted by molar-refractivity contribution is -0.132. The second-order valence-corrected chi connectivity index (χ2v) is 10.7. The molecule has 6 rings (SSSR count). The molecule has 3 aromatic carbocycles. The smallest absolute Gasteiger partial charge is 0.136 e. The summed E-state index contributed by atoms with van der Waals surface area (Å²) in [4.78, 5) is 0. The van der Waals surface area contributed by atoms with E-state index in [1.807, 2.05) is 30.3 Å². The van der Waals surface area contributed by atoms with E-state index in [2.05, 4.69) is 44.2 Å². The SMILES string of the molecule is CC1CC2CC(C)C(O)(c3cccc(Cl)c3-c3ccc4c(c3)oc3ccccc34)C(C1)C2. The minimum atomic E-state index is -0.867. The standard InChI is InChI=1S/C29H29ClO2/c1-17-12-19-14-18(2)29(31,21(13-17)15-19)24-7-5-8-25(30)28(24)20-10-11-23-22-6-3-4-9-26(22)32-27(23)16-20/h3-11,16-19,21,31H,12-15H2,1-2H3. The zero-order valence-corrected chi connectivity index (χ0v) is 19.4. The highest BCUT2D eigenvalue weighted by Gasteiger charge is 2.51. The number of hydrogen-bond donors (Lipinski definition) is 1. The van der Waals surface area contributed by atoms with Crippen molar-refractivity contribution in [1.29, 1.82) is 0 Å². The highest BCUT2D eigenvalue weighted by atomic mass is 35.5. The van der Waals surface area contributed by atoms with Crippen molar-refractivity contribution < 1.29 is 9.52 Å². The number of furan rings is 1. The van der Waals surface area contributed by atoms with Crippen molar-refractivity contribution in [2.24, 2.45) is 23.7 Å². The summed E-state index contributed by atoms with van der Waals surface area (Å²) in [7, 11) is 0. The fraction of sp³-hybridized carbons (Fsp3) is 0.379. The van der Waals surface area contributed by atoms with Gasteiger partial charge in [0.2, 0.25) is 0 Å². The van der Waals surface area contributed by atoms with Gasteiger partial charge in [-0.15, -0.1) is 0 Å². The molecule has 164 valence electrons. The van der Waals surface area contributed by atoms with Crippen LogP contribution in [0.1, 0.15) is 45.1 Å². The molecule has 0 saturated heterocycles. The van der Waals surface area contributed by atoms with Crippen molar-refractivity contribution in [1.82, 2.24) is 0 Å². The zero-order chi connectivity index (χ0) is 22.0. The van der Waals surface area contributed by atoms with Crippen molar-refractivity contribution in [3.63, 3.8) is 0 Å². The molecule has 5 unspecified atom stereocenters. The van der Waals surface area contributed by atoms with Crippen LogP contribution < -0.4 is 0 Å². The van der Waals surface area contributed by atoms with Crippen LogP contribution in [-0.2, 0) is 5.60 Å². The van der Waals surface area contributed by atoms with Crippen LogP contribution in [0.5, 0.6) is 0 Å². The molecule has 2 fully saturated rings. The van der Waals surface area contributed by atoms with Crippen molar-refractivity contribution in [2.45, 2.75) is 45.1 Å². The van der Waals surface area contributed by atoms with Gasteiger partial charge in [0.1, 0.15) is 11.2 Å². The van der Waals surface area contributed by atoms with Gasteiger partial charge in [-0.2, -0.15) is 0 Å². The number of halogens is 1. The maximum atomic E-state index is 12.4. The number of aliphatic hydroxyl groups is 1. The van der Waals surface area contributed by atoms with Gasteiger partial charge in [0.15, 0.2) is 0 Å². The van der Waals surface area contributed by atoms with Crippen LogP contribution in [0.2, 0.25) is 5.02 Å². The largest absolute Gasteiger partial charge is 0.456 e. The third-order valence-corrected chi connectivity index (χ3v) is 8.53. The summed E-state index contributed by atoms with van der Waals surface area (Å²) >= 11 is 6.84. The number of benzene rings is 3. The molecule has 32 heavy (non-hydrogen) atoms. The molecule has 1 aromatic heterocycles. The van der Waals surface area contributed by atoms with Crippen LogP contribution in [0.4, 0.5) is 0 Å². The lowest BCUT2D eigenvalue weighted by Crippen LogP contribution is -2.49. The van der Waals surface area contributed by atoms with E-state index in [9.17, 15) is 5.11 Å². The summed E-state index contributed by atoms with van der Waals surface area (Å²) in [5, 5.41) is 15.3. The topological polar surface area (TPSA) is 33.4 Å². The average molecular weight is 445 g/mol. The Balaban J connectivity index is 1.53. The third-order valence-electron chi connectivity index (χ3n) is 8.21. The summed E-state index contributed by atoms with van der Waals surface area (Å²) in [6, 6.07) is 20.5. The van der Waals surface area contributed by atoms with Crippen LogP contribution >= 0.6 is 11.6 Å². The molecule has 2 aliphatic rings. The third kappa shape index (κ3) is 2.96. The van der Waals surface area contributed by atoms with E-state index in [0.717, 1.165) is 63.8 Å². The fourth-order valence-electron chi connectivity index (χ4n) is 6.90. The number of fused-ring (bicyclic) bond motifs is 5. The summed E-state index contributed by atoms with van der Waals surface area (Å²) < 4.78 is 6.16. The van der Waals surface area contributed by atoms with Gasteiger partial charge in [0, 0.05) is 21.4 Å². The Bertz CT molecular complexity index is 1320. The van der Waals surface area contributed by atoms with Crippen LogP contribution in [-0.4, -0.2) is 5.11 Å². The first kappa shape index (κ1) is 20.3. The Morgan fingerprint density at radius 1 is 0.875 bits per heavy atom. The molecule has 2 saturated carbocycles. The summed E-state index contributed by atoms with van der Waals surface area (Å²) in [5.41, 5.74) is 3.80. The molecule has 2 aliphatic carbocycles. The first-order chi connectivity index (χ1) is 15.4. The first-order valence-corrected chi connectivity index (χ1v) is 12.3. The highest BCUT2D eigenvalue weighted by Crippen LogP contribution is 2.56. The van der Waals surface area contributed by atoms with E-state index < -0.39 is 5.60 Å². The molecule has 3 heteroatoms. The predicted octanol–water partition coefficient (Wildman–Crippen LogP) is 8.19. The van der Waals surface area contributed by atoms with Gasteiger partial charge in [-0.25, -0.2) is 0 Å². The average Bonchev–Trinajstić information content (AvgIpc) is 3.15. The fourth-order valence-corrected chi connectivity index (χ4v) is 7.18. The maximum Gasteiger partial charge on any atom is 0.136 e. The van der Waals surface area contributed by atoms with Gasteiger partial charge >= 0.3 is 0 Å². The lowest BCUT2D eigenvalue weighted by Gasteiger charge is -2.52. The minimum Gasteiger partial charge on any atom is -0.456 e. The highest BCUT2D eigenvalue weighted by molar-refractivity contribution is 6.33. The quantitative estimate of drug-likeness (QED) is 0.338. The molecule has 0 amide bonds. The van der Waals surface area contributed by atoms with Gasteiger partial charge in [-0.3, -0.25) is 0 Å². The number of hydrogen-bond acceptors (Lipinski definition) is 2. The molecule has 0 radical (unpaired) electrons. The molecule has 2 nitrogen and oxygen atoms in total. The van der Waals surface area contributed by atoms with E-state index >= 15 is 0 Å². The Kier molecular flexibility index (Phi) is 4.68. The van der Waals surface area contributed by atoms with E-state index in [-0.39, 0.29) is 11.8 Å². The van der Waals surface area contributed by atoms with Gasteiger partial charge in [0.05, 0.1) is 5.60 Å². The van der Waals surface area contributed by atoms with Crippen molar-refractivity contribution in [3.05, 3.63) is 71.2 Å². The monoisotopic (exact) mass is 444 g/mol. The van der Waals surface area contributed by atoms with Crippen LogP contribution in [0, 0.1) is 23.7 Å². The summed E-state index contributed by atoms with van der Waals surface area (Å²) in [6.07, 6.45) is 4.56. The van der Waals surface area contributed by atoms with Crippen molar-refractivity contribution in [3.8, 4) is 11.1 Å². The number of para-hydroxylation sites is 1. The van der Waals surface area contributed by atoms with E-state index in [0.29, 0.717) is 10.9 Å². The predicted molar refractivity (Wildman–Crippen MR) is 132 cm³/mol. The van der Waals surface area contributed by atoms with E-state index in [1.165, 1.54) is 6.42 Å². The molecule has 1 N–H and O–H groups in total. The normalized spacial score (nSPS) is 30.1. The van der Waals surface area contributed by atoms with Gasteiger partial charge in [-0.05, 0) is 84.7 Å². The second-order valence-electron chi connectivity index (χ2n) is 10.3. The Hall–Kier alpha value is -2.29. The molecule has 1 heterocycles. The Morgan fingerprint density at radius 2 is 1.69 bits per heavy atom. The molecular formula is C29H29ClO2. The van der Waals surface area contributed by atoms with Gasteiger partial charge in [-0.1, -0.05) is 61.8 Å². The van der Waals surface area contributed by atoms with E-state index in [1.54, 1.807) is 0 Å².